The van der Waals surface area contributed by atoms with E-state index in [1.165, 1.54) is 4.90 Å². The summed E-state index contributed by atoms with van der Waals surface area (Å²) < 4.78 is 3.63. The molecule has 1 aliphatic rings. The number of aryl methyl sites for hydroxylation is 2. The highest BCUT2D eigenvalue weighted by Crippen LogP contribution is 2.40. The molecule has 1 atom stereocenters. The van der Waals surface area contributed by atoms with Gasteiger partial charge in [-0.3, -0.25) is 23.4 Å². The first-order chi connectivity index (χ1) is 16.0. The zero-order chi connectivity index (χ0) is 22.9. The molecule has 3 aromatic carbocycles. The predicted molar refractivity (Wildman–Crippen MR) is 129 cm³/mol. The van der Waals surface area contributed by atoms with Crippen molar-refractivity contribution in [3.8, 4) is 0 Å². The normalized spacial score (nSPS) is 16.5. The molecule has 6 nitrogen and oxygen atoms in total. The fraction of sp³-hybridized carbons (Fsp3) is 0.148. The van der Waals surface area contributed by atoms with Gasteiger partial charge in [0.15, 0.2) is 0 Å². The molecule has 1 aliphatic heterocycles. The minimum atomic E-state index is -0.646. The minimum Gasteiger partial charge on any atom is -0.297 e. The number of imide groups is 1. The molecule has 1 unspecified atom stereocenters. The number of hydrogen-bond donors (Lipinski definition) is 0. The molecular weight excluding hydrogens is 414 g/mol. The SMILES string of the molecule is Cc1ccc(N2C(=O)CC(c3c4ccccc4c4n(C)c(=O)c5ccccc5n34)C2=O)cc1. The summed E-state index contributed by atoms with van der Waals surface area (Å²) in [6, 6.07) is 22.6. The van der Waals surface area contributed by atoms with E-state index >= 15 is 0 Å². The Morgan fingerprint density at radius 3 is 2.15 bits per heavy atom. The highest BCUT2D eigenvalue weighted by Gasteiger charge is 2.43. The standard InChI is InChI=1S/C27H21N3O3/c1-16-11-13-17(14-12-16)29-23(31)15-21(27(29)33)24-18-7-3-4-8-19(18)25-28(2)26(32)20-9-5-6-10-22(20)30(24)25/h3-14,21H,15H2,1-2H3. The van der Waals surface area contributed by atoms with Crippen molar-refractivity contribution in [2.24, 2.45) is 7.05 Å². The van der Waals surface area contributed by atoms with Crippen LogP contribution in [0.25, 0.3) is 27.3 Å². The summed E-state index contributed by atoms with van der Waals surface area (Å²) >= 11 is 0. The molecule has 0 bridgehead atoms. The van der Waals surface area contributed by atoms with Gasteiger partial charge in [0.05, 0.1) is 22.5 Å². The summed E-state index contributed by atoms with van der Waals surface area (Å²) in [4.78, 5) is 41.2. The van der Waals surface area contributed by atoms with Gasteiger partial charge in [0.1, 0.15) is 5.65 Å². The fourth-order valence-corrected chi connectivity index (χ4v) is 5.11. The van der Waals surface area contributed by atoms with Gasteiger partial charge < -0.3 is 0 Å². The van der Waals surface area contributed by atoms with Crippen LogP contribution in [0.1, 0.15) is 23.6 Å². The van der Waals surface area contributed by atoms with Gasteiger partial charge in [-0.1, -0.05) is 54.1 Å². The Balaban J connectivity index is 1.68. The Kier molecular flexibility index (Phi) is 4.08. The minimum absolute atomic E-state index is 0.0833. The van der Waals surface area contributed by atoms with E-state index in [0.717, 1.165) is 33.2 Å². The highest BCUT2D eigenvalue weighted by atomic mass is 16.2. The number of para-hydroxylation sites is 1. The van der Waals surface area contributed by atoms with Crippen molar-refractivity contribution in [1.82, 2.24) is 8.97 Å². The maximum absolute atomic E-state index is 13.7. The lowest BCUT2D eigenvalue weighted by Crippen LogP contribution is -2.30. The quantitative estimate of drug-likeness (QED) is 0.389. The van der Waals surface area contributed by atoms with Gasteiger partial charge in [-0.2, -0.15) is 0 Å². The first-order valence-corrected chi connectivity index (χ1v) is 10.9. The number of fused-ring (bicyclic) bond motifs is 5. The van der Waals surface area contributed by atoms with Crippen molar-refractivity contribution in [2.45, 2.75) is 19.3 Å². The summed E-state index contributed by atoms with van der Waals surface area (Å²) in [6.07, 6.45) is 0.0833. The molecule has 6 rings (SSSR count). The molecule has 1 fully saturated rings. The molecule has 0 spiro atoms. The van der Waals surface area contributed by atoms with Gasteiger partial charge in [-0.25, -0.2) is 4.90 Å². The topological polar surface area (TPSA) is 63.8 Å². The second-order valence-corrected chi connectivity index (χ2v) is 8.63. The van der Waals surface area contributed by atoms with Crippen LogP contribution in [-0.4, -0.2) is 20.8 Å². The second-order valence-electron chi connectivity index (χ2n) is 8.63. The van der Waals surface area contributed by atoms with E-state index < -0.39 is 5.92 Å². The lowest BCUT2D eigenvalue weighted by Gasteiger charge is -2.16. The lowest BCUT2D eigenvalue weighted by atomic mass is 10.00. The van der Waals surface area contributed by atoms with E-state index in [1.807, 2.05) is 65.9 Å². The third-order valence-corrected chi connectivity index (χ3v) is 6.66. The zero-order valence-corrected chi connectivity index (χ0v) is 18.3. The fourth-order valence-electron chi connectivity index (χ4n) is 5.11. The number of anilines is 1. The van der Waals surface area contributed by atoms with Crippen LogP contribution < -0.4 is 10.5 Å². The number of hydrogen-bond acceptors (Lipinski definition) is 3. The summed E-state index contributed by atoms with van der Waals surface area (Å²) in [7, 11) is 1.75. The average Bonchev–Trinajstić information content (AvgIpc) is 3.32. The van der Waals surface area contributed by atoms with Crippen molar-refractivity contribution >= 4 is 44.8 Å². The van der Waals surface area contributed by atoms with Gasteiger partial charge in [0, 0.05) is 29.9 Å². The van der Waals surface area contributed by atoms with E-state index in [2.05, 4.69) is 0 Å². The number of aromatic nitrogens is 2. The molecular formula is C27H21N3O3. The van der Waals surface area contributed by atoms with Crippen LogP contribution in [0.5, 0.6) is 0 Å². The van der Waals surface area contributed by atoms with Gasteiger partial charge in [0.2, 0.25) is 11.8 Å². The van der Waals surface area contributed by atoms with Gasteiger partial charge >= 0.3 is 0 Å². The third-order valence-electron chi connectivity index (χ3n) is 6.66. The average molecular weight is 435 g/mol. The number of carbonyl (C=O) groups is 2. The van der Waals surface area contributed by atoms with E-state index in [-0.39, 0.29) is 23.8 Å². The Labute approximate surface area is 189 Å². The lowest BCUT2D eigenvalue weighted by molar-refractivity contribution is -0.121. The van der Waals surface area contributed by atoms with E-state index in [0.29, 0.717) is 11.1 Å². The largest absolute Gasteiger partial charge is 0.297 e. The molecule has 6 heteroatoms. The number of rotatable bonds is 2. The highest BCUT2D eigenvalue weighted by molar-refractivity contribution is 6.23. The molecule has 0 aliphatic carbocycles. The maximum atomic E-state index is 13.7. The molecule has 162 valence electrons. The van der Waals surface area contributed by atoms with Crippen molar-refractivity contribution in [2.75, 3.05) is 4.90 Å². The van der Waals surface area contributed by atoms with E-state index in [1.54, 1.807) is 29.8 Å². The summed E-state index contributed by atoms with van der Waals surface area (Å²) in [5, 5.41) is 2.33. The monoisotopic (exact) mass is 435 g/mol. The third kappa shape index (κ3) is 2.64. The maximum Gasteiger partial charge on any atom is 0.261 e. The van der Waals surface area contributed by atoms with E-state index in [4.69, 9.17) is 0 Å². The molecule has 2 amide bonds. The van der Waals surface area contributed by atoms with Crippen molar-refractivity contribution in [3.63, 3.8) is 0 Å². The van der Waals surface area contributed by atoms with Crippen LogP contribution in [0.3, 0.4) is 0 Å². The first kappa shape index (κ1) is 19.5. The zero-order valence-electron chi connectivity index (χ0n) is 18.3. The first-order valence-electron chi connectivity index (χ1n) is 10.9. The second kappa shape index (κ2) is 6.90. The number of benzene rings is 3. The van der Waals surface area contributed by atoms with Gasteiger partial charge in [-0.15, -0.1) is 0 Å². The molecule has 33 heavy (non-hydrogen) atoms. The Bertz CT molecular complexity index is 1680. The van der Waals surface area contributed by atoms with Crippen LogP contribution in [0.2, 0.25) is 0 Å². The van der Waals surface area contributed by atoms with Crippen molar-refractivity contribution in [1.29, 1.82) is 0 Å². The molecule has 0 radical (unpaired) electrons. The predicted octanol–water partition coefficient (Wildman–Crippen LogP) is 4.30. The molecule has 2 aromatic heterocycles. The summed E-state index contributed by atoms with van der Waals surface area (Å²) in [5.41, 5.74) is 3.75. The van der Waals surface area contributed by atoms with Crippen LogP contribution in [0, 0.1) is 6.92 Å². The Hall–Kier alpha value is -4.19. The smallest absolute Gasteiger partial charge is 0.261 e. The molecule has 1 saturated heterocycles. The number of carbonyl (C=O) groups excluding carboxylic acids is 2. The van der Waals surface area contributed by atoms with Gasteiger partial charge in [0.25, 0.3) is 5.56 Å². The van der Waals surface area contributed by atoms with Gasteiger partial charge in [-0.05, 0) is 31.2 Å². The Morgan fingerprint density at radius 1 is 0.788 bits per heavy atom. The van der Waals surface area contributed by atoms with Crippen LogP contribution in [0.15, 0.2) is 77.6 Å². The molecule has 3 heterocycles. The van der Waals surface area contributed by atoms with Crippen LogP contribution in [0.4, 0.5) is 5.69 Å². The summed E-state index contributed by atoms with van der Waals surface area (Å²) in [6.45, 7) is 1.97. The van der Waals surface area contributed by atoms with Crippen molar-refractivity contribution < 1.29 is 9.59 Å². The number of amides is 2. The molecule has 5 aromatic rings. The molecule has 0 saturated carbocycles. The van der Waals surface area contributed by atoms with Crippen molar-refractivity contribution in [3.05, 3.63) is 94.4 Å². The Morgan fingerprint density at radius 2 is 1.42 bits per heavy atom. The molecule has 0 N–H and O–H groups in total. The van der Waals surface area contributed by atoms with E-state index in [9.17, 15) is 14.4 Å². The van der Waals surface area contributed by atoms with Crippen LogP contribution in [-0.2, 0) is 16.6 Å². The number of nitrogens with zero attached hydrogens (tertiary/aromatic N) is 3. The van der Waals surface area contributed by atoms with Crippen LogP contribution >= 0.6 is 0 Å². The summed E-state index contributed by atoms with van der Waals surface area (Å²) in [5.74, 6) is -1.11.